The van der Waals surface area contributed by atoms with Crippen LogP contribution in [0.5, 0.6) is 5.75 Å². The van der Waals surface area contributed by atoms with Gasteiger partial charge in [-0.1, -0.05) is 0 Å². The Balaban J connectivity index is 0.00000324. The average molecular weight is 282 g/mol. The van der Waals surface area contributed by atoms with Crippen LogP contribution in [0.3, 0.4) is 0 Å². The van der Waals surface area contributed by atoms with Crippen LogP contribution in [-0.2, 0) is 12.4 Å². The van der Waals surface area contributed by atoms with Crippen LogP contribution < -0.4 is 4.65 Å². The summed E-state index contributed by atoms with van der Waals surface area (Å²) in [4.78, 5) is 0. The van der Waals surface area contributed by atoms with Crippen molar-refractivity contribution in [3.8, 4) is 5.75 Å². The third-order valence-corrected chi connectivity index (χ3v) is 1.80. The topological polar surface area (TPSA) is 49.7 Å². The van der Waals surface area contributed by atoms with Gasteiger partial charge in [0.1, 0.15) is 5.75 Å². The van der Waals surface area contributed by atoms with Gasteiger partial charge in [0.2, 0.25) is 0 Å². The Morgan fingerprint density at radius 1 is 0.842 bits per heavy atom. The van der Waals surface area contributed by atoms with Crippen molar-refractivity contribution in [2.45, 2.75) is 12.4 Å². The van der Waals surface area contributed by atoms with Gasteiger partial charge in [-0.2, -0.15) is 26.3 Å². The summed E-state index contributed by atoms with van der Waals surface area (Å²) in [7, 11) is -2.52. The van der Waals surface area contributed by atoms with E-state index in [9.17, 15) is 26.3 Å². The Morgan fingerprint density at radius 3 is 1.47 bits per heavy atom. The van der Waals surface area contributed by atoms with E-state index in [4.69, 9.17) is 10.0 Å². The van der Waals surface area contributed by atoms with E-state index in [1.807, 2.05) is 0 Å². The van der Waals surface area contributed by atoms with Crippen LogP contribution in [0.25, 0.3) is 0 Å². The second-order valence-electron chi connectivity index (χ2n) is 3.19. The van der Waals surface area contributed by atoms with Crippen LogP contribution >= 0.6 is 0 Å². The Kier molecular flexibility index (Phi) is 5.83. The third-order valence-electron chi connectivity index (χ3n) is 1.80. The predicted molar refractivity (Wildman–Crippen MR) is 54.4 cm³/mol. The van der Waals surface area contributed by atoms with Gasteiger partial charge in [-0.05, 0) is 18.2 Å². The van der Waals surface area contributed by atoms with Gasteiger partial charge >= 0.3 is 38.5 Å². The first-order chi connectivity index (χ1) is 8.00. The molecule has 1 aromatic carbocycles. The number of benzene rings is 1. The summed E-state index contributed by atoms with van der Waals surface area (Å²) in [5.74, 6) is -0.952. The summed E-state index contributed by atoms with van der Waals surface area (Å²) in [5, 5.41) is 16.7. The van der Waals surface area contributed by atoms with E-state index in [2.05, 4.69) is 4.65 Å². The molecule has 1 rings (SSSR count). The molecule has 0 atom stereocenters. The summed E-state index contributed by atoms with van der Waals surface area (Å²) < 4.78 is 78.0. The van der Waals surface area contributed by atoms with E-state index in [0.717, 1.165) is 0 Å². The number of rotatable bonds is 2. The summed E-state index contributed by atoms with van der Waals surface area (Å²) in [6, 6.07) is 0.361. The second-order valence-corrected chi connectivity index (χ2v) is 3.19. The summed E-state index contributed by atoms with van der Waals surface area (Å²) in [6.45, 7) is 0. The fourth-order valence-corrected chi connectivity index (χ4v) is 1.12. The number of hydrogen-bond donors (Lipinski definition) is 2. The first-order valence-corrected chi connectivity index (χ1v) is 4.32. The van der Waals surface area contributed by atoms with Crippen molar-refractivity contribution in [3.63, 3.8) is 0 Å². The van der Waals surface area contributed by atoms with Crippen LogP contribution in [0, 0.1) is 0 Å². The second kappa shape index (κ2) is 6.09. The Hall–Kier alpha value is -0.818. The average Bonchev–Trinajstić information content (AvgIpc) is 2.13. The zero-order chi connectivity index (χ0) is 14.1. The Bertz CT molecular complexity index is 401. The SMILES string of the molecule is OB(O)Oc1cc(C(F)(F)F)cc(C(F)(F)F)c1.[LiH]. The molecule has 0 amide bonds. The monoisotopic (exact) mass is 282 g/mol. The van der Waals surface area contributed by atoms with E-state index in [0.29, 0.717) is 0 Å². The molecule has 0 aliphatic rings. The minimum atomic E-state index is -5.01. The van der Waals surface area contributed by atoms with Crippen molar-refractivity contribution >= 4 is 26.2 Å². The molecule has 0 saturated carbocycles. The number of hydrogen-bond acceptors (Lipinski definition) is 3. The first-order valence-electron chi connectivity index (χ1n) is 4.32. The number of halogens is 6. The van der Waals surface area contributed by atoms with Gasteiger partial charge in [-0.3, -0.25) is 0 Å². The molecule has 0 heterocycles. The van der Waals surface area contributed by atoms with Crippen molar-refractivity contribution in [2.24, 2.45) is 0 Å². The molecule has 0 unspecified atom stereocenters. The molecule has 0 aliphatic heterocycles. The minimum absolute atomic E-state index is 0. The van der Waals surface area contributed by atoms with E-state index in [1.165, 1.54) is 0 Å². The molecule has 0 saturated heterocycles. The molecule has 0 spiro atoms. The zero-order valence-corrected chi connectivity index (χ0v) is 8.38. The van der Waals surface area contributed by atoms with E-state index in [-0.39, 0.29) is 37.1 Å². The molecule has 0 aromatic heterocycles. The zero-order valence-electron chi connectivity index (χ0n) is 8.38. The van der Waals surface area contributed by atoms with Gasteiger partial charge in [-0.15, -0.1) is 0 Å². The van der Waals surface area contributed by atoms with Crippen molar-refractivity contribution in [1.82, 2.24) is 0 Å². The van der Waals surface area contributed by atoms with Gasteiger partial charge in [0.15, 0.2) is 0 Å². The standard InChI is InChI=1S/C8H5BF6O3.Li.H/c10-7(11,12)4-1-5(8(13,14)15)3-6(2-4)18-9(16)17;;/h1-3,16-17H;;. The van der Waals surface area contributed by atoms with E-state index >= 15 is 0 Å². The molecule has 0 fully saturated rings. The summed E-state index contributed by atoms with van der Waals surface area (Å²) in [5.41, 5.74) is -3.21. The van der Waals surface area contributed by atoms with Gasteiger partial charge < -0.3 is 14.7 Å². The van der Waals surface area contributed by atoms with Gasteiger partial charge in [0.25, 0.3) is 0 Å². The quantitative estimate of drug-likeness (QED) is 0.637. The molecule has 102 valence electrons. The fourth-order valence-electron chi connectivity index (χ4n) is 1.12. The predicted octanol–water partition coefficient (Wildman–Crippen LogP) is 1.42. The summed E-state index contributed by atoms with van der Waals surface area (Å²) >= 11 is 0. The third kappa shape index (κ3) is 5.36. The van der Waals surface area contributed by atoms with Gasteiger partial charge in [-0.25, -0.2) is 0 Å². The molecule has 0 radical (unpaired) electrons. The molecule has 0 aliphatic carbocycles. The van der Waals surface area contributed by atoms with Gasteiger partial charge in [0, 0.05) is 0 Å². The fraction of sp³-hybridized carbons (Fsp3) is 0.250. The van der Waals surface area contributed by atoms with Crippen LogP contribution in [0.1, 0.15) is 11.1 Å². The van der Waals surface area contributed by atoms with Crippen LogP contribution in [-0.4, -0.2) is 36.2 Å². The van der Waals surface area contributed by atoms with E-state index < -0.39 is 36.6 Å². The molecular formula is C8H6BF6LiO3. The van der Waals surface area contributed by atoms with Crippen molar-refractivity contribution in [1.29, 1.82) is 0 Å². The van der Waals surface area contributed by atoms with Crippen LogP contribution in [0.15, 0.2) is 18.2 Å². The molecule has 2 N–H and O–H groups in total. The van der Waals surface area contributed by atoms with Gasteiger partial charge in [0.05, 0.1) is 11.1 Å². The summed E-state index contributed by atoms with van der Waals surface area (Å²) in [6.07, 6.45) is -10.0. The molecular weight excluding hydrogens is 276 g/mol. The molecule has 11 heteroatoms. The molecule has 1 aromatic rings. The Labute approximate surface area is 115 Å². The Morgan fingerprint density at radius 2 is 1.21 bits per heavy atom. The molecule has 19 heavy (non-hydrogen) atoms. The van der Waals surface area contributed by atoms with Crippen LogP contribution in [0.4, 0.5) is 26.3 Å². The maximum atomic E-state index is 12.3. The molecule has 0 bridgehead atoms. The van der Waals surface area contributed by atoms with E-state index in [1.54, 1.807) is 0 Å². The number of alkyl halides is 6. The van der Waals surface area contributed by atoms with Crippen LogP contribution in [0.2, 0.25) is 0 Å². The van der Waals surface area contributed by atoms with Crippen molar-refractivity contribution in [2.75, 3.05) is 0 Å². The van der Waals surface area contributed by atoms with Crippen molar-refractivity contribution in [3.05, 3.63) is 29.3 Å². The maximum absolute atomic E-state index is 12.3. The molecule has 3 nitrogen and oxygen atoms in total. The first kappa shape index (κ1) is 18.2. The normalized spacial score (nSPS) is 11.8. The van der Waals surface area contributed by atoms with Crippen molar-refractivity contribution < 1.29 is 41.0 Å².